The largest absolute Gasteiger partial charge is 0.423 e. The van der Waals surface area contributed by atoms with E-state index in [9.17, 15) is 4.79 Å². The van der Waals surface area contributed by atoms with Gasteiger partial charge in [0, 0.05) is 0 Å². The maximum atomic E-state index is 15.0. The lowest BCUT2D eigenvalue weighted by Crippen LogP contribution is -2.30. The molecule has 0 bridgehead atoms. The van der Waals surface area contributed by atoms with E-state index in [-0.39, 0.29) is 17.3 Å². The molecule has 0 aliphatic heterocycles. The summed E-state index contributed by atoms with van der Waals surface area (Å²) >= 11 is 0. The van der Waals surface area contributed by atoms with Gasteiger partial charge in [0.25, 0.3) is 0 Å². The molecule has 3 heteroatoms. The molecule has 0 saturated heterocycles. The van der Waals surface area contributed by atoms with Gasteiger partial charge in [-0.2, -0.15) is 0 Å². The number of carbonyl (C=O) groups is 1. The summed E-state index contributed by atoms with van der Waals surface area (Å²) in [7, 11) is 0. The SMILES string of the molecule is CCCC1CCC2CC(c3ccc(C(=O)Oc4ccc(CC)cc4)cc3F)CCC2C1. The molecule has 0 spiro atoms. The summed E-state index contributed by atoms with van der Waals surface area (Å²) in [4.78, 5) is 12.5. The van der Waals surface area contributed by atoms with Crippen LogP contribution in [0.25, 0.3) is 0 Å². The van der Waals surface area contributed by atoms with Crippen LogP contribution in [-0.2, 0) is 6.42 Å². The summed E-state index contributed by atoms with van der Waals surface area (Å²) < 4.78 is 20.4. The Morgan fingerprint density at radius 1 is 0.968 bits per heavy atom. The lowest BCUT2D eigenvalue weighted by Gasteiger charge is -2.42. The van der Waals surface area contributed by atoms with E-state index in [2.05, 4.69) is 13.8 Å². The zero-order valence-corrected chi connectivity index (χ0v) is 18.9. The Labute approximate surface area is 186 Å². The van der Waals surface area contributed by atoms with Gasteiger partial charge in [0.1, 0.15) is 11.6 Å². The van der Waals surface area contributed by atoms with Crippen molar-refractivity contribution < 1.29 is 13.9 Å². The van der Waals surface area contributed by atoms with Crippen molar-refractivity contribution in [3.8, 4) is 5.75 Å². The molecule has 2 nitrogen and oxygen atoms in total. The number of halogens is 1. The van der Waals surface area contributed by atoms with Gasteiger partial charge in [0.15, 0.2) is 0 Å². The Morgan fingerprint density at radius 2 is 1.71 bits per heavy atom. The van der Waals surface area contributed by atoms with E-state index in [4.69, 9.17) is 4.74 Å². The van der Waals surface area contributed by atoms with E-state index < -0.39 is 5.97 Å². The Morgan fingerprint density at radius 3 is 2.42 bits per heavy atom. The topological polar surface area (TPSA) is 26.3 Å². The number of benzene rings is 2. The summed E-state index contributed by atoms with van der Waals surface area (Å²) in [6, 6.07) is 12.4. The normalized spacial score (nSPS) is 25.6. The Hall–Kier alpha value is -2.16. The third kappa shape index (κ3) is 5.19. The molecule has 2 aromatic carbocycles. The number of esters is 1. The van der Waals surface area contributed by atoms with E-state index in [1.165, 1.54) is 50.2 Å². The lowest BCUT2D eigenvalue weighted by atomic mass is 9.63. The van der Waals surface area contributed by atoms with Gasteiger partial charge in [0.05, 0.1) is 5.56 Å². The summed E-state index contributed by atoms with van der Waals surface area (Å²) in [6.07, 6.45) is 11.0. The molecule has 4 unspecified atom stereocenters. The molecule has 166 valence electrons. The van der Waals surface area contributed by atoms with Gasteiger partial charge in [-0.1, -0.05) is 51.3 Å². The molecule has 2 aromatic rings. The van der Waals surface area contributed by atoms with E-state index in [1.807, 2.05) is 18.2 Å². The van der Waals surface area contributed by atoms with Gasteiger partial charge < -0.3 is 4.74 Å². The quantitative estimate of drug-likeness (QED) is 0.352. The number of rotatable bonds is 6. The molecule has 31 heavy (non-hydrogen) atoms. The van der Waals surface area contributed by atoms with Crippen molar-refractivity contribution in [3.05, 3.63) is 65.0 Å². The fourth-order valence-corrected chi connectivity index (χ4v) is 5.88. The Balaban J connectivity index is 1.39. The minimum Gasteiger partial charge on any atom is -0.423 e. The van der Waals surface area contributed by atoms with Gasteiger partial charge in [-0.3, -0.25) is 0 Å². The highest BCUT2D eigenvalue weighted by molar-refractivity contribution is 5.91. The van der Waals surface area contributed by atoms with Crippen LogP contribution in [0.4, 0.5) is 4.39 Å². The number of ether oxygens (including phenoxy) is 1. The smallest absolute Gasteiger partial charge is 0.343 e. The van der Waals surface area contributed by atoms with Crippen molar-refractivity contribution in [2.45, 2.75) is 77.6 Å². The first-order chi connectivity index (χ1) is 15.1. The van der Waals surface area contributed by atoms with Crippen LogP contribution in [0.2, 0.25) is 0 Å². The van der Waals surface area contributed by atoms with E-state index >= 15 is 4.39 Å². The average Bonchev–Trinajstić information content (AvgIpc) is 2.79. The first-order valence-corrected chi connectivity index (χ1v) is 12.2. The third-order valence-electron chi connectivity index (χ3n) is 7.64. The number of carbonyl (C=O) groups excluding carboxylic acids is 1. The molecular weight excluding hydrogens is 387 g/mol. The Bertz CT molecular complexity index is 888. The van der Waals surface area contributed by atoms with Crippen LogP contribution in [0, 0.1) is 23.6 Å². The molecular formula is C28H35FO2. The standard InChI is InChI=1S/C28H35FO2/c1-3-5-20-6-9-22-17-23(11-10-21(22)16-20)26-15-12-24(18-27(26)29)28(30)31-25-13-7-19(4-2)8-14-25/h7-8,12-15,18,20-23H,3-6,9-11,16-17H2,1-2H3. The minimum absolute atomic E-state index is 0.265. The molecule has 0 N–H and O–H groups in total. The number of hydrogen-bond acceptors (Lipinski definition) is 2. The van der Waals surface area contributed by atoms with Crippen molar-refractivity contribution in [3.63, 3.8) is 0 Å². The number of fused-ring (bicyclic) bond motifs is 1. The van der Waals surface area contributed by atoms with Crippen LogP contribution < -0.4 is 4.74 Å². The van der Waals surface area contributed by atoms with Crippen LogP contribution in [-0.4, -0.2) is 5.97 Å². The molecule has 0 aromatic heterocycles. The first-order valence-electron chi connectivity index (χ1n) is 12.2. The maximum Gasteiger partial charge on any atom is 0.343 e. The van der Waals surface area contributed by atoms with Crippen LogP contribution in [0.1, 0.15) is 92.6 Å². The highest BCUT2D eigenvalue weighted by atomic mass is 19.1. The summed E-state index contributed by atoms with van der Waals surface area (Å²) in [6.45, 7) is 4.36. The molecule has 4 rings (SSSR count). The van der Waals surface area contributed by atoms with Crippen molar-refractivity contribution in [2.75, 3.05) is 0 Å². The van der Waals surface area contributed by atoms with Crippen LogP contribution in [0.5, 0.6) is 5.75 Å². The monoisotopic (exact) mass is 422 g/mol. The van der Waals surface area contributed by atoms with Crippen LogP contribution in [0.3, 0.4) is 0 Å². The summed E-state index contributed by atoms with van der Waals surface area (Å²) in [5.41, 5.74) is 2.23. The molecule has 4 atom stereocenters. The fraction of sp³-hybridized carbons (Fsp3) is 0.536. The number of hydrogen-bond donors (Lipinski definition) is 0. The molecule has 2 aliphatic rings. The zero-order valence-electron chi connectivity index (χ0n) is 18.9. The minimum atomic E-state index is -0.507. The molecule has 2 saturated carbocycles. The second-order valence-corrected chi connectivity index (χ2v) is 9.62. The van der Waals surface area contributed by atoms with Gasteiger partial charge in [-0.25, -0.2) is 9.18 Å². The van der Waals surface area contributed by atoms with Crippen molar-refractivity contribution in [1.82, 2.24) is 0 Å². The first kappa shape index (κ1) is 22.0. The van der Waals surface area contributed by atoms with Crippen molar-refractivity contribution >= 4 is 5.97 Å². The van der Waals surface area contributed by atoms with Crippen LogP contribution >= 0.6 is 0 Å². The maximum absolute atomic E-state index is 15.0. The van der Waals surface area contributed by atoms with Gasteiger partial charge in [0.2, 0.25) is 0 Å². The predicted molar refractivity (Wildman–Crippen MR) is 123 cm³/mol. The third-order valence-corrected chi connectivity index (χ3v) is 7.64. The van der Waals surface area contributed by atoms with E-state index in [0.29, 0.717) is 5.75 Å². The highest BCUT2D eigenvalue weighted by Gasteiger charge is 2.36. The summed E-state index contributed by atoms with van der Waals surface area (Å²) in [5.74, 6) is 2.47. The van der Waals surface area contributed by atoms with Crippen molar-refractivity contribution in [1.29, 1.82) is 0 Å². The average molecular weight is 423 g/mol. The van der Waals surface area contributed by atoms with E-state index in [1.54, 1.807) is 18.2 Å². The van der Waals surface area contributed by atoms with Gasteiger partial charge in [-0.15, -0.1) is 0 Å². The van der Waals surface area contributed by atoms with Gasteiger partial charge >= 0.3 is 5.97 Å². The summed E-state index contributed by atoms with van der Waals surface area (Å²) in [5, 5.41) is 0. The lowest BCUT2D eigenvalue weighted by molar-refractivity contribution is 0.0734. The van der Waals surface area contributed by atoms with Gasteiger partial charge in [-0.05, 0) is 97.6 Å². The predicted octanol–water partition coefficient (Wildman–Crippen LogP) is 7.71. The second-order valence-electron chi connectivity index (χ2n) is 9.62. The second kappa shape index (κ2) is 9.97. The zero-order chi connectivity index (χ0) is 21.8. The number of aryl methyl sites for hydroxylation is 1. The highest BCUT2D eigenvalue weighted by Crippen LogP contribution is 2.48. The molecule has 0 heterocycles. The van der Waals surface area contributed by atoms with Crippen molar-refractivity contribution in [2.24, 2.45) is 17.8 Å². The Kier molecular flexibility index (Phi) is 7.09. The molecule has 2 aliphatic carbocycles. The molecule has 0 radical (unpaired) electrons. The molecule has 2 fully saturated rings. The van der Waals surface area contributed by atoms with E-state index in [0.717, 1.165) is 42.6 Å². The van der Waals surface area contributed by atoms with Crippen LogP contribution in [0.15, 0.2) is 42.5 Å². The molecule has 0 amide bonds. The fourth-order valence-electron chi connectivity index (χ4n) is 5.88.